The van der Waals surface area contributed by atoms with E-state index < -0.39 is 0 Å². The molecule has 0 N–H and O–H groups in total. The Labute approximate surface area is 96.9 Å². The molecule has 0 nitrogen and oxygen atoms in total. The first-order valence-corrected chi connectivity index (χ1v) is 5.56. The van der Waals surface area contributed by atoms with Gasteiger partial charge in [-0.2, -0.15) is 0 Å². The monoisotopic (exact) mass is 208 g/mol. The molecule has 0 amide bonds. The first-order valence-electron chi connectivity index (χ1n) is 5.56. The van der Waals surface area contributed by atoms with Gasteiger partial charge in [0.25, 0.3) is 0 Å². The van der Waals surface area contributed by atoms with E-state index in [-0.39, 0.29) is 0 Å². The average molecular weight is 208 g/mol. The molecule has 2 rings (SSSR count). The molecule has 0 spiro atoms. The van der Waals surface area contributed by atoms with E-state index in [9.17, 15) is 0 Å². The van der Waals surface area contributed by atoms with Crippen molar-refractivity contribution in [3.8, 4) is 0 Å². The summed E-state index contributed by atoms with van der Waals surface area (Å²) < 4.78 is 0. The van der Waals surface area contributed by atoms with Crippen molar-refractivity contribution < 1.29 is 0 Å². The zero-order chi connectivity index (χ0) is 11.4. The molecule has 0 bridgehead atoms. The van der Waals surface area contributed by atoms with Crippen molar-refractivity contribution in [1.29, 1.82) is 0 Å². The number of allylic oxidation sites excluding steroid dienone is 3. The summed E-state index contributed by atoms with van der Waals surface area (Å²) in [6, 6.07) is 13.2. The van der Waals surface area contributed by atoms with Crippen LogP contribution >= 0.6 is 0 Å². The maximum atomic E-state index is 3.67. The van der Waals surface area contributed by atoms with E-state index in [0.29, 0.717) is 0 Å². The first kappa shape index (κ1) is 10.7. The number of fused-ring (bicyclic) bond motifs is 1. The Morgan fingerprint density at radius 1 is 1.06 bits per heavy atom. The third kappa shape index (κ3) is 2.40. The molecular weight excluding hydrogens is 192 g/mol. The van der Waals surface area contributed by atoms with Gasteiger partial charge in [-0.15, -0.1) is 0 Å². The minimum Gasteiger partial charge on any atom is -0.0991 e. The van der Waals surface area contributed by atoms with Crippen molar-refractivity contribution in [2.75, 3.05) is 0 Å². The number of hydrogen-bond acceptors (Lipinski definition) is 0. The van der Waals surface area contributed by atoms with Gasteiger partial charge in [-0.05, 0) is 29.7 Å². The Bertz CT molecular complexity index is 533. The summed E-state index contributed by atoms with van der Waals surface area (Å²) in [5.41, 5.74) is 2.66. The predicted octanol–water partition coefficient (Wildman–Crippen LogP) is 4.43. The molecular formula is C16H16. The van der Waals surface area contributed by atoms with Gasteiger partial charge in [0.05, 0.1) is 0 Å². The van der Waals surface area contributed by atoms with Crippen molar-refractivity contribution in [2.24, 2.45) is 0 Å². The van der Waals surface area contributed by atoms with Crippen LogP contribution in [0.1, 0.15) is 11.1 Å². The third-order valence-electron chi connectivity index (χ3n) is 2.69. The highest BCUT2D eigenvalue weighted by atomic mass is 14.0. The first-order chi connectivity index (χ1) is 7.79. The second kappa shape index (κ2) is 4.80. The molecule has 16 heavy (non-hydrogen) atoms. The highest BCUT2D eigenvalue weighted by Gasteiger charge is 1.95. The van der Waals surface area contributed by atoms with E-state index in [1.165, 1.54) is 21.9 Å². The fourth-order valence-electron chi connectivity index (χ4n) is 1.84. The topological polar surface area (TPSA) is 0 Å². The minimum absolute atomic E-state index is 0.968. The van der Waals surface area contributed by atoms with Crippen LogP contribution in [-0.4, -0.2) is 0 Å². The molecule has 0 aliphatic carbocycles. The van der Waals surface area contributed by atoms with Crippen molar-refractivity contribution >= 4 is 10.8 Å². The summed E-state index contributed by atoms with van der Waals surface area (Å²) in [6.07, 6.45) is 6.89. The van der Waals surface area contributed by atoms with Crippen LogP contribution in [0.15, 0.2) is 61.2 Å². The molecule has 0 saturated heterocycles. The van der Waals surface area contributed by atoms with Crippen LogP contribution < -0.4 is 0 Å². The lowest BCUT2D eigenvalue weighted by Crippen LogP contribution is -1.82. The molecule has 2 aromatic rings. The van der Waals surface area contributed by atoms with E-state index in [0.717, 1.165) is 6.42 Å². The maximum Gasteiger partial charge on any atom is -0.00941 e. The fraction of sp³-hybridized carbons (Fsp3) is 0.125. The van der Waals surface area contributed by atoms with Gasteiger partial charge < -0.3 is 0 Å². The predicted molar refractivity (Wildman–Crippen MR) is 71.7 cm³/mol. The lowest BCUT2D eigenvalue weighted by Gasteiger charge is -2.02. The summed E-state index contributed by atoms with van der Waals surface area (Å²) in [7, 11) is 0. The van der Waals surface area contributed by atoms with Crippen molar-refractivity contribution in [3.05, 3.63) is 72.3 Å². The molecule has 0 aliphatic heterocycles. The Kier molecular flexibility index (Phi) is 3.21. The number of hydrogen-bond donors (Lipinski definition) is 0. The van der Waals surface area contributed by atoms with Gasteiger partial charge in [0, 0.05) is 0 Å². The Morgan fingerprint density at radius 2 is 1.88 bits per heavy atom. The summed E-state index contributed by atoms with van der Waals surface area (Å²) >= 11 is 0. The molecule has 2 aromatic carbocycles. The Morgan fingerprint density at radius 3 is 2.69 bits per heavy atom. The molecule has 0 radical (unpaired) electrons. The lowest BCUT2D eigenvalue weighted by molar-refractivity contribution is 1.28. The van der Waals surface area contributed by atoms with Crippen LogP contribution in [0.25, 0.3) is 10.8 Å². The molecule has 0 unspecified atom stereocenters. The quantitative estimate of drug-likeness (QED) is 0.654. The standard InChI is InChI=1S/C16H16/c1-3-4-5-6-14-8-10-15-9-7-13(2)11-16(15)12-14/h3-5,7-12H,1,6H2,2H3/b5-4-. The van der Waals surface area contributed by atoms with E-state index in [1.807, 2.05) is 12.2 Å². The van der Waals surface area contributed by atoms with Crippen LogP contribution in [0.3, 0.4) is 0 Å². The minimum atomic E-state index is 0.968. The third-order valence-corrected chi connectivity index (χ3v) is 2.69. The molecule has 0 heterocycles. The molecule has 0 saturated carbocycles. The maximum absolute atomic E-state index is 3.67. The SMILES string of the molecule is C=C/C=C\Cc1ccc2ccc(C)cc2c1. The van der Waals surface area contributed by atoms with Gasteiger partial charge in [-0.1, -0.05) is 66.8 Å². The van der Waals surface area contributed by atoms with Gasteiger partial charge in [0.15, 0.2) is 0 Å². The van der Waals surface area contributed by atoms with Gasteiger partial charge in [-0.3, -0.25) is 0 Å². The molecule has 80 valence electrons. The Balaban J connectivity index is 2.35. The summed E-state index contributed by atoms with van der Waals surface area (Å²) in [6.45, 7) is 5.80. The van der Waals surface area contributed by atoms with Gasteiger partial charge in [0.2, 0.25) is 0 Å². The van der Waals surface area contributed by atoms with Crippen molar-refractivity contribution in [1.82, 2.24) is 0 Å². The molecule has 0 aliphatic rings. The van der Waals surface area contributed by atoms with Crippen molar-refractivity contribution in [3.63, 3.8) is 0 Å². The lowest BCUT2D eigenvalue weighted by atomic mass is 10.0. The van der Waals surface area contributed by atoms with E-state index >= 15 is 0 Å². The molecule has 0 atom stereocenters. The van der Waals surface area contributed by atoms with Crippen molar-refractivity contribution in [2.45, 2.75) is 13.3 Å². The number of aryl methyl sites for hydroxylation is 1. The van der Waals surface area contributed by atoms with Crippen LogP contribution in [0.4, 0.5) is 0 Å². The molecule has 0 aromatic heterocycles. The molecule has 0 heteroatoms. The number of rotatable bonds is 3. The Hall–Kier alpha value is -1.82. The van der Waals surface area contributed by atoms with Crippen LogP contribution in [0.2, 0.25) is 0 Å². The smallest absolute Gasteiger partial charge is 0.00941 e. The largest absolute Gasteiger partial charge is 0.0991 e. The average Bonchev–Trinajstić information content (AvgIpc) is 2.29. The van der Waals surface area contributed by atoms with Gasteiger partial charge in [-0.25, -0.2) is 0 Å². The fourth-order valence-corrected chi connectivity index (χ4v) is 1.84. The summed E-state index contributed by atoms with van der Waals surface area (Å²) in [5, 5.41) is 2.63. The van der Waals surface area contributed by atoms with Crippen LogP contribution in [-0.2, 0) is 6.42 Å². The van der Waals surface area contributed by atoms with Crippen LogP contribution in [0.5, 0.6) is 0 Å². The summed E-state index contributed by atoms with van der Waals surface area (Å²) in [4.78, 5) is 0. The highest BCUT2D eigenvalue weighted by molar-refractivity contribution is 5.83. The zero-order valence-corrected chi connectivity index (χ0v) is 9.61. The van der Waals surface area contributed by atoms with Crippen LogP contribution in [0, 0.1) is 6.92 Å². The highest BCUT2D eigenvalue weighted by Crippen LogP contribution is 2.18. The van der Waals surface area contributed by atoms with Gasteiger partial charge in [0.1, 0.15) is 0 Å². The summed E-state index contributed by atoms with van der Waals surface area (Å²) in [5.74, 6) is 0. The van der Waals surface area contributed by atoms with Gasteiger partial charge >= 0.3 is 0 Å². The second-order valence-electron chi connectivity index (χ2n) is 4.05. The second-order valence-corrected chi connectivity index (χ2v) is 4.05. The number of benzene rings is 2. The van der Waals surface area contributed by atoms with E-state index in [4.69, 9.17) is 0 Å². The molecule has 0 fully saturated rings. The zero-order valence-electron chi connectivity index (χ0n) is 9.61. The normalized spacial score (nSPS) is 11.1. The van der Waals surface area contributed by atoms with E-state index in [2.05, 4.69) is 56.0 Å². The van der Waals surface area contributed by atoms with E-state index in [1.54, 1.807) is 0 Å².